The van der Waals surface area contributed by atoms with E-state index in [1.165, 1.54) is 0 Å². The van der Waals surface area contributed by atoms with Gasteiger partial charge >= 0.3 is 0 Å². The van der Waals surface area contributed by atoms with Crippen LogP contribution in [-0.4, -0.2) is 22.9 Å². The number of nitrogens with one attached hydrogen (secondary N) is 1. The SMILES string of the molecule is CC(C)(NC(=O)C1(N)CCCCC1)C(N)=O. The van der Waals surface area contributed by atoms with E-state index in [9.17, 15) is 9.59 Å². The molecular weight excluding hydrogens is 206 g/mol. The van der Waals surface area contributed by atoms with Gasteiger partial charge in [0, 0.05) is 0 Å². The Bertz CT molecular complexity index is 294. The smallest absolute Gasteiger partial charge is 0.242 e. The molecule has 16 heavy (non-hydrogen) atoms. The molecule has 1 aliphatic rings. The van der Waals surface area contributed by atoms with E-state index < -0.39 is 17.0 Å². The van der Waals surface area contributed by atoms with Gasteiger partial charge in [0.15, 0.2) is 0 Å². The fourth-order valence-corrected chi connectivity index (χ4v) is 1.88. The first kappa shape index (κ1) is 13.0. The van der Waals surface area contributed by atoms with Crippen LogP contribution in [-0.2, 0) is 9.59 Å². The number of hydrogen-bond acceptors (Lipinski definition) is 3. The first-order valence-corrected chi connectivity index (χ1v) is 5.69. The molecule has 0 aromatic carbocycles. The monoisotopic (exact) mass is 227 g/mol. The van der Waals surface area contributed by atoms with Crippen molar-refractivity contribution < 1.29 is 9.59 Å². The minimum Gasteiger partial charge on any atom is -0.368 e. The van der Waals surface area contributed by atoms with Crippen LogP contribution < -0.4 is 16.8 Å². The summed E-state index contributed by atoms with van der Waals surface area (Å²) in [7, 11) is 0. The van der Waals surface area contributed by atoms with Gasteiger partial charge < -0.3 is 16.8 Å². The Balaban J connectivity index is 2.67. The number of hydrogen-bond donors (Lipinski definition) is 3. The van der Waals surface area contributed by atoms with E-state index in [2.05, 4.69) is 5.32 Å². The lowest BCUT2D eigenvalue weighted by Crippen LogP contribution is -2.62. The maximum Gasteiger partial charge on any atom is 0.242 e. The third-order valence-corrected chi connectivity index (χ3v) is 3.24. The van der Waals surface area contributed by atoms with Crippen LogP contribution in [0.15, 0.2) is 0 Å². The van der Waals surface area contributed by atoms with Crippen LogP contribution >= 0.6 is 0 Å². The average Bonchev–Trinajstić information content (AvgIpc) is 2.18. The molecule has 0 saturated heterocycles. The number of primary amides is 1. The normalized spacial score (nSPS) is 20.2. The van der Waals surface area contributed by atoms with Crippen molar-refractivity contribution in [2.45, 2.75) is 57.0 Å². The summed E-state index contributed by atoms with van der Waals surface area (Å²) < 4.78 is 0. The molecule has 5 N–H and O–H groups in total. The lowest BCUT2D eigenvalue weighted by atomic mass is 9.81. The zero-order chi connectivity index (χ0) is 12.4. The van der Waals surface area contributed by atoms with Crippen molar-refractivity contribution >= 4 is 11.8 Å². The third-order valence-electron chi connectivity index (χ3n) is 3.24. The van der Waals surface area contributed by atoms with Crippen LogP contribution in [0, 0.1) is 0 Å². The predicted octanol–water partition coefficient (Wildman–Crippen LogP) is 0.0281. The minimum atomic E-state index is -1.04. The van der Waals surface area contributed by atoms with E-state index in [0.29, 0.717) is 12.8 Å². The predicted molar refractivity (Wildman–Crippen MR) is 61.4 cm³/mol. The first-order chi connectivity index (χ1) is 7.28. The zero-order valence-electron chi connectivity index (χ0n) is 10.0. The van der Waals surface area contributed by atoms with Crippen molar-refractivity contribution in [3.8, 4) is 0 Å². The Hall–Kier alpha value is -1.10. The van der Waals surface area contributed by atoms with Crippen molar-refractivity contribution in [3.05, 3.63) is 0 Å². The molecule has 0 aliphatic heterocycles. The maximum atomic E-state index is 12.0. The molecular formula is C11H21N3O2. The highest BCUT2D eigenvalue weighted by Gasteiger charge is 2.39. The molecule has 0 radical (unpaired) electrons. The summed E-state index contributed by atoms with van der Waals surface area (Å²) in [6.07, 6.45) is 4.38. The fourth-order valence-electron chi connectivity index (χ4n) is 1.88. The molecule has 0 atom stereocenters. The van der Waals surface area contributed by atoms with Crippen LogP contribution in [0.2, 0.25) is 0 Å². The molecule has 5 heteroatoms. The Morgan fingerprint density at radius 1 is 1.19 bits per heavy atom. The van der Waals surface area contributed by atoms with Crippen molar-refractivity contribution in [2.24, 2.45) is 11.5 Å². The number of rotatable bonds is 3. The van der Waals surface area contributed by atoms with Crippen molar-refractivity contribution in [2.75, 3.05) is 0 Å². The standard InChI is InChI=1S/C11H21N3O2/c1-10(2,8(12)15)14-9(16)11(13)6-4-3-5-7-11/h3-7,13H2,1-2H3,(H2,12,15)(H,14,16). The van der Waals surface area contributed by atoms with Crippen LogP contribution in [0.5, 0.6) is 0 Å². The van der Waals surface area contributed by atoms with Gasteiger partial charge in [-0.25, -0.2) is 0 Å². The van der Waals surface area contributed by atoms with E-state index in [1.807, 2.05) is 0 Å². The van der Waals surface area contributed by atoms with Crippen molar-refractivity contribution in [1.29, 1.82) is 0 Å². The van der Waals surface area contributed by atoms with E-state index >= 15 is 0 Å². The Labute approximate surface area is 95.9 Å². The van der Waals surface area contributed by atoms with Crippen LogP contribution in [0.1, 0.15) is 46.0 Å². The van der Waals surface area contributed by atoms with Gasteiger partial charge in [-0.2, -0.15) is 0 Å². The highest BCUT2D eigenvalue weighted by atomic mass is 16.2. The van der Waals surface area contributed by atoms with Gasteiger partial charge in [-0.15, -0.1) is 0 Å². The lowest BCUT2D eigenvalue weighted by molar-refractivity contribution is -0.134. The minimum absolute atomic E-state index is 0.268. The third kappa shape index (κ3) is 2.72. The Morgan fingerprint density at radius 2 is 1.69 bits per heavy atom. The van der Waals surface area contributed by atoms with E-state index in [1.54, 1.807) is 13.8 Å². The van der Waals surface area contributed by atoms with Gasteiger partial charge in [0.2, 0.25) is 11.8 Å². The molecule has 0 aromatic heterocycles. The Morgan fingerprint density at radius 3 is 2.12 bits per heavy atom. The number of amides is 2. The topological polar surface area (TPSA) is 98.2 Å². The molecule has 0 unspecified atom stereocenters. The van der Waals surface area contributed by atoms with Gasteiger partial charge in [0.05, 0.1) is 5.54 Å². The van der Waals surface area contributed by atoms with Crippen LogP contribution in [0.4, 0.5) is 0 Å². The van der Waals surface area contributed by atoms with E-state index in [0.717, 1.165) is 19.3 Å². The lowest BCUT2D eigenvalue weighted by Gasteiger charge is -2.35. The van der Waals surface area contributed by atoms with Crippen molar-refractivity contribution in [1.82, 2.24) is 5.32 Å². The van der Waals surface area contributed by atoms with Crippen LogP contribution in [0.25, 0.3) is 0 Å². The Kier molecular flexibility index (Phi) is 3.57. The second kappa shape index (κ2) is 4.41. The van der Waals surface area contributed by atoms with Gasteiger partial charge in [-0.1, -0.05) is 19.3 Å². The summed E-state index contributed by atoms with van der Waals surface area (Å²) in [6, 6.07) is 0. The summed E-state index contributed by atoms with van der Waals surface area (Å²) >= 11 is 0. The molecule has 1 saturated carbocycles. The second-order valence-electron chi connectivity index (χ2n) is 5.16. The van der Waals surface area contributed by atoms with Gasteiger partial charge in [0.1, 0.15) is 5.54 Å². The number of nitrogens with two attached hydrogens (primary N) is 2. The molecule has 5 nitrogen and oxygen atoms in total. The largest absolute Gasteiger partial charge is 0.368 e. The van der Waals surface area contributed by atoms with E-state index in [-0.39, 0.29) is 5.91 Å². The quantitative estimate of drug-likeness (QED) is 0.634. The molecule has 2 amide bonds. The molecule has 92 valence electrons. The molecule has 0 aromatic rings. The summed E-state index contributed by atoms with van der Waals surface area (Å²) in [5, 5.41) is 2.63. The molecule has 1 rings (SSSR count). The highest BCUT2D eigenvalue weighted by molar-refractivity contribution is 5.93. The van der Waals surface area contributed by atoms with Gasteiger partial charge in [0.25, 0.3) is 0 Å². The second-order valence-corrected chi connectivity index (χ2v) is 5.16. The highest BCUT2D eigenvalue weighted by Crippen LogP contribution is 2.26. The molecule has 0 spiro atoms. The van der Waals surface area contributed by atoms with Crippen molar-refractivity contribution in [3.63, 3.8) is 0 Å². The summed E-state index contributed by atoms with van der Waals surface area (Å²) in [5.74, 6) is -0.823. The fraction of sp³-hybridized carbons (Fsp3) is 0.818. The molecule has 0 bridgehead atoms. The van der Waals surface area contributed by atoms with Crippen LogP contribution in [0.3, 0.4) is 0 Å². The van der Waals surface area contributed by atoms with Gasteiger partial charge in [-0.05, 0) is 26.7 Å². The maximum absolute atomic E-state index is 12.0. The molecule has 1 aliphatic carbocycles. The average molecular weight is 227 g/mol. The molecule has 0 heterocycles. The van der Waals surface area contributed by atoms with E-state index in [4.69, 9.17) is 11.5 Å². The summed E-state index contributed by atoms with van der Waals surface area (Å²) in [6.45, 7) is 3.17. The number of carbonyl (C=O) groups excluding carboxylic acids is 2. The zero-order valence-corrected chi connectivity index (χ0v) is 10.0. The first-order valence-electron chi connectivity index (χ1n) is 5.69. The van der Waals surface area contributed by atoms with Gasteiger partial charge in [-0.3, -0.25) is 9.59 Å². The summed E-state index contributed by atoms with van der Waals surface area (Å²) in [4.78, 5) is 23.1. The summed E-state index contributed by atoms with van der Waals surface area (Å²) in [5.41, 5.74) is 9.37. The number of carbonyl (C=O) groups is 2. The molecule has 1 fully saturated rings.